The van der Waals surface area contributed by atoms with Gasteiger partial charge < -0.3 is 20.3 Å². The number of carbonyl (C=O) groups is 2. The molecule has 0 unspecified atom stereocenters. The summed E-state index contributed by atoms with van der Waals surface area (Å²) in [5, 5.41) is 13.2. The van der Waals surface area contributed by atoms with Gasteiger partial charge in [-0.25, -0.2) is 9.97 Å². The standard InChI is InChI=1S/C19H20N6O3/c26-16-11-25(8-5-14(16)24-19(28)15-10-20-6-7-21-15)18(27)9-17-22-12-3-1-2-4-13(12)23-17/h1-4,6-7,10,14,16,26H,5,8-9,11H2,(H,22,23)(H,24,28)/t14-,16-/m1/s1. The highest BCUT2D eigenvalue weighted by Gasteiger charge is 2.31. The summed E-state index contributed by atoms with van der Waals surface area (Å²) in [6, 6.07) is 7.15. The van der Waals surface area contributed by atoms with Crippen LogP contribution in [-0.4, -0.2) is 67.0 Å². The van der Waals surface area contributed by atoms with E-state index in [1.807, 2.05) is 24.3 Å². The number of rotatable bonds is 4. The lowest BCUT2D eigenvalue weighted by atomic mass is 10.0. The van der Waals surface area contributed by atoms with E-state index < -0.39 is 12.1 Å². The van der Waals surface area contributed by atoms with Crippen molar-refractivity contribution < 1.29 is 14.7 Å². The fraction of sp³-hybridized carbons (Fsp3) is 0.316. The largest absolute Gasteiger partial charge is 0.389 e. The van der Waals surface area contributed by atoms with Crippen LogP contribution in [0.3, 0.4) is 0 Å². The van der Waals surface area contributed by atoms with Gasteiger partial charge in [-0.15, -0.1) is 0 Å². The highest BCUT2D eigenvalue weighted by atomic mass is 16.3. The molecule has 0 spiro atoms. The summed E-state index contributed by atoms with van der Waals surface area (Å²) in [6.45, 7) is 0.603. The lowest BCUT2D eigenvalue weighted by molar-refractivity contribution is -0.134. The van der Waals surface area contributed by atoms with E-state index in [2.05, 4.69) is 25.3 Å². The Morgan fingerprint density at radius 1 is 1.29 bits per heavy atom. The average molecular weight is 380 g/mol. The van der Waals surface area contributed by atoms with E-state index in [9.17, 15) is 14.7 Å². The van der Waals surface area contributed by atoms with Gasteiger partial charge in [-0.1, -0.05) is 12.1 Å². The summed E-state index contributed by atoms with van der Waals surface area (Å²) in [4.78, 5) is 41.7. The second-order valence-electron chi connectivity index (χ2n) is 6.74. The van der Waals surface area contributed by atoms with Crippen LogP contribution in [0.4, 0.5) is 0 Å². The number of fused-ring (bicyclic) bond motifs is 1. The van der Waals surface area contributed by atoms with Gasteiger partial charge >= 0.3 is 0 Å². The molecule has 3 aromatic rings. The van der Waals surface area contributed by atoms with Crippen molar-refractivity contribution in [2.75, 3.05) is 13.1 Å². The lowest BCUT2D eigenvalue weighted by Gasteiger charge is -2.36. The highest BCUT2D eigenvalue weighted by Crippen LogP contribution is 2.15. The molecule has 1 aliphatic rings. The first-order chi connectivity index (χ1) is 13.6. The molecule has 3 N–H and O–H groups in total. The molecule has 2 amide bonds. The molecule has 0 radical (unpaired) electrons. The van der Waals surface area contributed by atoms with Crippen LogP contribution in [0, 0.1) is 0 Å². The molecule has 9 heteroatoms. The lowest BCUT2D eigenvalue weighted by Crippen LogP contribution is -2.55. The monoisotopic (exact) mass is 380 g/mol. The van der Waals surface area contributed by atoms with Crippen LogP contribution in [0.5, 0.6) is 0 Å². The smallest absolute Gasteiger partial charge is 0.271 e. The second kappa shape index (κ2) is 7.73. The van der Waals surface area contributed by atoms with Crippen molar-refractivity contribution in [2.24, 2.45) is 0 Å². The Morgan fingerprint density at radius 3 is 2.89 bits per heavy atom. The van der Waals surface area contributed by atoms with Gasteiger partial charge in [0.2, 0.25) is 5.91 Å². The minimum atomic E-state index is -0.853. The number of carbonyl (C=O) groups excluding carboxylic acids is 2. The number of nitrogens with zero attached hydrogens (tertiary/aromatic N) is 4. The zero-order valence-corrected chi connectivity index (χ0v) is 15.1. The van der Waals surface area contributed by atoms with E-state index in [4.69, 9.17) is 0 Å². The molecule has 28 heavy (non-hydrogen) atoms. The number of amides is 2. The number of hydrogen-bond donors (Lipinski definition) is 3. The number of piperidine rings is 1. The molecule has 144 valence electrons. The Kier molecular flexibility index (Phi) is 4.98. The third kappa shape index (κ3) is 3.84. The third-order valence-corrected chi connectivity index (χ3v) is 4.80. The topological polar surface area (TPSA) is 124 Å². The van der Waals surface area contributed by atoms with Gasteiger partial charge in [-0.2, -0.15) is 0 Å². The summed E-state index contributed by atoms with van der Waals surface area (Å²) in [5.41, 5.74) is 1.89. The number of hydrogen-bond acceptors (Lipinski definition) is 6. The number of H-pyrrole nitrogens is 1. The van der Waals surface area contributed by atoms with Gasteiger partial charge in [-0.3, -0.25) is 14.6 Å². The van der Waals surface area contributed by atoms with Crippen molar-refractivity contribution in [3.63, 3.8) is 0 Å². The fourth-order valence-corrected chi connectivity index (χ4v) is 3.33. The van der Waals surface area contributed by atoms with Crippen LogP contribution >= 0.6 is 0 Å². The zero-order chi connectivity index (χ0) is 19.5. The number of aliphatic hydroxyl groups is 1. The molecule has 0 saturated carbocycles. The highest BCUT2D eigenvalue weighted by molar-refractivity contribution is 5.92. The molecular formula is C19H20N6O3. The quantitative estimate of drug-likeness (QED) is 0.598. The summed E-state index contributed by atoms with van der Waals surface area (Å²) in [6.07, 6.45) is 4.03. The summed E-state index contributed by atoms with van der Waals surface area (Å²) in [7, 11) is 0. The van der Waals surface area contributed by atoms with Gasteiger partial charge in [0, 0.05) is 25.5 Å². The van der Waals surface area contributed by atoms with Crippen molar-refractivity contribution in [1.82, 2.24) is 30.2 Å². The van der Waals surface area contributed by atoms with Crippen molar-refractivity contribution >= 4 is 22.8 Å². The number of likely N-dealkylation sites (tertiary alicyclic amines) is 1. The van der Waals surface area contributed by atoms with Crippen LogP contribution in [0.25, 0.3) is 11.0 Å². The fourth-order valence-electron chi connectivity index (χ4n) is 3.33. The maximum Gasteiger partial charge on any atom is 0.271 e. The van der Waals surface area contributed by atoms with Crippen molar-refractivity contribution in [3.8, 4) is 0 Å². The van der Waals surface area contributed by atoms with Crippen LogP contribution in [0.15, 0.2) is 42.9 Å². The molecule has 4 rings (SSSR count). The number of para-hydroxylation sites is 2. The first-order valence-corrected chi connectivity index (χ1v) is 9.06. The first-order valence-electron chi connectivity index (χ1n) is 9.06. The number of benzene rings is 1. The van der Waals surface area contributed by atoms with Gasteiger partial charge in [-0.05, 0) is 18.6 Å². The molecule has 2 atom stereocenters. The van der Waals surface area contributed by atoms with E-state index in [0.717, 1.165) is 11.0 Å². The second-order valence-corrected chi connectivity index (χ2v) is 6.74. The van der Waals surface area contributed by atoms with Crippen molar-refractivity contribution in [3.05, 3.63) is 54.4 Å². The molecule has 1 aromatic carbocycles. The van der Waals surface area contributed by atoms with Crippen LogP contribution < -0.4 is 5.32 Å². The zero-order valence-electron chi connectivity index (χ0n) is 15.1. The average Bonchev–Trinajstić information content (AvgIpc) is 3.12. The van der Waals surface area contributed by atoms with Gasteiger partial charge in [0.15, 0.2) is 0 Å². The van der Waals surface area contributed by atoms with Crippen molar-refractivity contribution in [1.29, 1.82) is 0 Å². The Morgan fingerprint density at radius 2 is 2.14 bits per heavy atom. The Labute approximate surface area is 160 Å². The summed E-state index contributed by atoms with van der Waals surface area (Å²) >= 11 is 0. The van der Waals surface area contributed by atoms with E-state index in [1.54, 1.807) is 4.90 Å². The summed E-state index contributed by atoms with van der Waals surface area (Å²) < 4.78 is 0. The molecule has 0 aliphatic carbocycles. The van der Waals surface area contributed by atoms with Gasteiger partial charge in [0.05, 0.1) is 35.8 Å². The number of aromatic amines is 1. The minimum Gasteiger partial charge on any atom is -0.389 e. The first kappa shape index (κ1) is 18.1. The molecule has 0 bridgehead atoms. The summed E-state index contributed by atoms with van der Waals surface area (Å²) in [5.74, 6) is 0.0924. The van der Waals surface area contributed by atoms with Gasteiger partial charge in [0.1, 0.15) is 11.5 Å². The number of aliphatic hydroxyl groups excluding tert-OH is 1. The van der Waals surface area contributed by atoms with E-state index in [1.165, 1.54) is 18.6 Å². The number of nitrogens with one attached hydrogen (secondary N) is 2. The van der Waals surface area contributed by atoms with Crippen LogP contribution in [0.1, 0.15) is 22.7 Å². The molecule has 1 fully saturated rings. The predicted octanol–water partition coefficient (Wildman–Crippen LogP) is 0.287. The van der Waals surface area contributed by atoms with Crippen molar-refractivity contribution in [2.45, 2.75) is 25.0 Å². The molecule has 1 saturated heterocycles. The molecular weight excluding hydrogens is 360 g/mol. The minimum absolute atomic E-state index is 0.114. The molecule has 2 aromatic heterocycles. The van der Waals surface area contributed by atoms with Crippen LogP contribution in [-0.2, 0) is 11.2 Å². The number of imidazole rings is 1. The maximum atomic E-state index is 12.6. The molecule has 1 aliphatic heterocycles. The normalized spacial score (nSPS) is 19.5. The molecule has 9 nitrogen and oxygen atoms in total. The maximum absolute atomic E-state index is 12.6. The van der Waals surface area contributed by atoms with Gasteiger partial charge in [0.25, 0.3) is 5.91 Å². The number of β-amino-alcohol motifs (C(OH)–C–C–N with tert-alkyl or cyclic N) is 1. The molecule has 3 heterocycles. The Hall–Kier alpha value is -3.33. The SMILES string of the molecule is O=C(N[C@@H]1CCN(C(=O)Cc2nc3ccccc3[nH]2)C[C@H]1O)c1cnccn1. The predicted molar refractivity (Wildman–Crippen MR) is 100 cm³/mol. The third-order valence-electron chi connectivity index (χ3n) is 4.80. The number of aromatic nitrogens is 4. The van der Waals surface area contributed by atoms with E-state index in [0.29, 0.717) is 18.8 Å². The van der Waals surface area contributed by atoms with Crippen LogP contribution in [0.2, 0.25) is 0 Å². The van der Waals surface area contributed by atoms with E-state index in [-0.39, 0.29) is 30.5 Å². The Bertz CT molecular complexity index is 957. The van der Waals surface area contributed by atoms with E-state index >= 15 is 0 Å². The Balaban J connectivity index is 1.34.